The molecular formula is C27H28FN3O. The molecule has 1 saturated heterocycles. The maximum atomic E-state index is 14.1. The Kier molecular flexibility index (Phi) is 6.14. The molecule has 0 spiro atoms. The Morgan fingerprint density at radius 2 is 1.69 bits per heavy atom. The number of rotatable bonds is 5. The van der Waals surface area contributed by atoms with Crippen molar-refractivity contribution in [2.45, 2.75) is 45.2 Å². The van der Waals surface area contributed by atoms with Gasteiger partial charge in [0.15, 0.2) is 0 Å². The Morgan fingerprint density at radius 1 is 1.00 bits per heavy atom. The summed E-state index contributed by atoms with van der Waals surface area (Å²) in [4.78, 5) is 13.2. The molecule has 1 fully saturated rings. The minimum atomic E-state index is -1.37. The minimum absolute atomic E-state index is 0.0769. The highest BCUT2D eigenvalue weighted by atomic mass is 19.1. The zero-order valence-electron chi connectivity index (χ0n) is 18.6. The van der Waals surface area contributed by atoms with E-state index in [4.69, 9.17) is 0 Å². The Bertz CT molecular complexity index is 1160. The smallest absolute Gasteiger partial charge is 0.241 e. The first-order valence-corrected chi connectivity index (χ1v) is 11.2. The predicted molar refractivity (Wildman–Crippen MR) is 126 cm³/mol. The first-order chi connectivity index (χ1) is 15.4. The minimum Gasteiger partial charge on any atom is -0.282 e. The lowest BCUT2D eigenvalue weighted by Crippen LogP contribution is -2.50. The summed E-state index contributed by atoms with van der Waals surface area (Å²) in [6.07, 6.45) is 2.99. The van der Waals surface area contributed by atoms with Crippen LogP contribution in [0.25, 0.3) is 10.8 Å². The first-order valence-electron chi connectivity index (χ1n) is 11.2. The van der Waals surface area contributed by atoms with Crippen LogP contribution in [0.2, 0.25) is 0 Å². The van der Waals surface area contributed by atoms with Gasteiger partial charge in [-0.05, 0) is 56.4 Å². The van der Waals surface area contributed by atoms with Crippen LogP contribution in [-0.2, 0) is 16.9 Å². The topological polar surface area (TPSA) is 47.3 Å². The fourth-order valence-corrected chi connectivity index (χ4v) is 4.33. The second kappa shape index (κ2) is 9.00. The monoisotopic (exact) mass is 429 g/mol. The van der Waals surface area contributed by atoms with Crippen molar-refractivity contribution in [3.63, 3.8) is 0 Å². The van der Waals surface area contributed by atoms with E-state index in [9.17, 15) is 14.4 Å². The number of halogens is 1. The number of carbonyl (C=O) groups excluding carboxylic acids is 1. The standard InChI is InChI=1S/C27H28FN3O/c1-27(2,28)22-13-9-20(10-14-22)11-16-26(32)31-18-6-5-17-30(31)25-15-12-21(19-29)23-7-3-4-8-24(23)25/h3-4,7-10,12-15H,5-6,11,16-18H2,1-2H3. The van der Waals surface area contributed by atoms with Crippen LogP contribution in [0.4, 0.5) is 10.1 Å². The SMILES string of the molecule is CC(C)(F)c1ccc(CCC(=O)N2CCCCN2c2ccc(C#N)c3ccccc23)cc1. The maximum Gasteiger partial charge on any atom is 0.241 e. The van der Waals surface area contributed by atoms with Gasteiger partial charge in [-0.15, -0.1) is 0 Å². The highest BCUT2D eigenvalue weighted by molar-refractivity contribution is 5.98. The van der Waals surface area contributed by atoms with Crippen molar-refractivity contribution < 1.29 is 9.18 Å². The molecule has 0 N–H and O–H groups in total. The molecule has 0 atom stereocenters. The van der Waals surface area contributed by atoms with E-state index in [1.54, 1.807) is 26.0 Å². The molecule has 0 bridgehead atoms. The summed E-state index contributed by atoms with van der Waals surface area (Å²) >= 11 is 0. The van der Waals surface area contributed by atoms with E-state index >= 15 is 0 Å². The van der Waals surface area contributed by atoms with Gasteiger partial charge in [-0.1, -0.05) is 48.5 Å². The number of hydrogen-bond donors (Lipinski definition) is 0. The van der Waals surface area contributed by atoms with Gasteiger partial charge in [0, 0.05) is 30.3 Å². The summed E-state index contributed by atoms with van der Waals surface area (Å²) in [5, 5.41) is 15.3. The molecular weight excluding hydrogens is 401 g/mol. The van der Waals surface area contributed by atoms with Gasteiger partial charge in [-0.25, -0.2) is 4.39 Å². The average molecular weight is 430 g/mol. The Hall–Kier alpha value is -3.39. The Morgan fingerprint density at radius 3 is 2.38 bits per heavy atom. The molecule has 0 aliphatic carbocycles. The van der Waals surface area contributed by atoms with Crippen LogP contribution >= 0.6 is 0 Å². The summed E-state index contributed by atoms with van der Waals surface area (Å²) in [5.74, 6) is 0.0769. The summed E-state index contributed by atoms with van der Waals surface area (Å²) < 4.78 is 14.1. The average Bonchev–Trinajstić information content (AvgIpc) is 2.81. The number of fused-ring (bicyclic) bond motifs is 1. The number of benzene rings is 3. The first kappa shape index (κ1) is 21.8. The number of nitrogens with zero attached hydrogens (tertiary/aromatic N) is 3. The molecule has 1 amide bonds. The number of aryl methyl sites for hydroxylation is 1. The summed E-state index contributed by atoms with van der Waals surface area (Å²) in [6.45, 7) is 4.54. The van der Waals surface area contributed by atoms with Crippen LogP contribution < -0.4 is 5.01 Å². The molecule has 164 valence electrons. The van der Waals surface area contributed by atoms with Crippen molar-refractivity contribution in [1.82, 2.24) is 5.01 Å². The number of anilines is 1. The second-order valence-corrected chi connectivity index (χ2v) is 8.81. The molecule has 4 rings (SSSR count). The van der Waals surface area contributed by atoms with E-state index in [0.717, 1.165) is 41.4 Å². The molecule has 0 radical (unpaired) electrons. The fourth-order valence-electron chi connectivity index (χ4n) is 4.33. The van der Waals surface area contributed by atoms with E-state index in [-0.39, 0.29) is 5.91 Å². The van der Waals surface area contributed by atoms with Gasteiger partial charge >= 0.3 is 0 Å². The Balaban J connectivity index is 1.54. The van der Waals surface area contributed by atoms with Crippen LogP contribution in [0.1, 0.15) is 49.8 Å². The largest absolute Gasteiger partial charge is 0.282 e. The third-order valence-electron chi connectivity index (χ3n) is 6.14. The van der Waals surface area contributed by atoms with E-state index in [1.165, 1.54) is 0 Å². The highest BCUT2D eigenvalue weighted by Crippen LogP contribution is 2.32. The van der Waals surface area contributed by atoms with E-state index in [0.29, 0.717) is 30.5 Å². The molecule has 4 nitrogen and oxygen atoms in total. The second-order valence-electron chi connectivity index (χ2n) is 8.81. The lowest BCUT2D eigenvalue weighted by Gasteiger charge is -2.41. The molecule has 0 aromatic heterocycles. The summed E-state index contributed by atoms with van der Waals surface area (Å²) in [5.41, 5.74) is 1.90. The van der Waals surface area contributed by atoms with Gasteiger partial charge in [-0.2, -0.15) is 5.26 Å². The molecule has 5 heteroatoms. The van der Waals surface area contributed by atoms with E-state index < -0.39 is 5.67 Å². The van der Waals surface area contributed by atoms with Gasteiger partial charge in [0.05, 0.1) is 17.3 Å². The number of amides is 1. The van der Waals surface area contributed by atoms with Gasteiger partial charge in [0.1, 0.15) is 5.67 Å². The molecule has 0 unspecified atom stereocenters. The van der Waals surface area contributed by atoms with Gasteiger partial charge in [0.2, 0.25) is 5.91 Å². The quantitative estimate of drug-likeness (QED) is 0.508. The van der Waals surface area contributed by atoms with Gasteiger partial charge in [0.25, 0.3) is 0 Å². The van der Waals surface area contributed by atoms with Crippen LogP contribution in [0.3, 0.4) is 0 Å². The van der Waals surface area contributed by atoms with Gasteiger partial charge < -0.3 is 0 Å². The van der Waals surface area contributed by atoms with Crippen molar-refractivity contribution in [2.24, 2.45) is 0 Å². The molecule has 3 aromatic rings. The number of hydrazine groups is 1. The van der Waals surface area contributed by atoms with Crippen molar-refractivity contribution in [1.29, 1.82) is 5.26 Å². The van der Waals surface area contributed by atoms with Crippen LogP contribution in [0.5, 0.6) is 0 Å². The third kappa shape index (κ3) is 4.45. The molecule has 1 aliphatic rings. The third-order valence-corrected chi connectivity index (χ3v) is 6.14. The zero-order valence-corrected chi connectivity index (χ0v) is 18.6. The van der Waals surface area contributed by atoms with Crippen LogP contribution in [0, 0.1) is 11.3 Å². The Labute approximate surface area is 188 Å². The maximum absolute atomic E-state index is 14.1. The number of nitriles is 1. The van der Waals surface area contributed by atoms with Crippen molar-refractivity contribution in [3.05, 3.63) is 77.4 Å². The molecule has 0 saturated carbocycles. The van der Waals surface area contributed by atoms with Crippen LogP contribution in [0.15, 0.2) is 60.7 Å². The molecule has 1 heterocycles. The number of carbonyl (C=O) groups is 1. The number of hydrogen-bond acceptors (Lipinski definition) is 3. The summed E-state index contributed by atoms with van der Waals surface area (Å²) in [7, 11) is 0. The van der Waals surface area contributed by atoms with Gasteiger partial charge in [-0.3, -0.25) is 14.8 Å². The summed E-state index contributed by atoms with van der Waals surface area (Å²) in [6, 6.07) is 21.3. The molecule has 3 aromatic carbocycles. The molecule has 32 heavy (non-hydrogen) atoms. The lowest BCUT2D eigenvalue weighted by molar-refractivity contribution is -0.132. The van der Waals surface area contributed by atoms with Crippen LogP contribution in [-0.4, -0.2) is 24.0 Å². The van der Waals surface area contributed by atoms with Crippen molar-refractivity contribution in [2.75, 3.05) is 18.1 Å². The normalized spacial score (nSPS) is 14.4. The lowest BCUT2D eigenvalue weighted by atomic mass is 9.98. The zero-order chi connectivity index (χ0) is 22.7. The predicted octanol–water partition coefficient (Wildman–Crippen LogP) is 5.89. The highest BCUT2D eigenvalue weighted by Gasteiger charge is 2.26. The van der Waals surface area contributed by atoms with E-state index in [1.807, 2.05) is 53.5 Å². The van der Waals surface area contributed by atoms with E-state index in [2.05, 4.69) is 11.1 Å². The van der Waals surface area contributed by atoms with Crippen molar-refractivity contribution in [3.8, 4) is 6.07 Å². The fraction of sp³-hybridized carbons (Fsp3) is 0.333. The molecule has 1 aliphatic heterocycles. The van der Waals surface area contributed by atoms with Crippen molar-refractivity contribution >= 4 is 22.4 Å². The number of alkyl halides is 1.